The fraction of sp³-hybridized carbons (Fsp3) is 0.400. The molecule has 0 fully saturated rings. The lowest BCUT2D eigenvalue weighted by atomic mass is 9.94. The van der Waals surface area contributed by atoms with Crippen LogP contribution in [0.2, 0.25) is 0 Å². The van der Waals surface area contributed by atoms with Crippen molar-refractivity contribution >= 4 is 5.91 Å². The summed E-state index contributed by atoms with van der Waals surface area (Å²) in [5.74, 6) is 0.0466. The highest BCUT2D eigenvalue weighted by molar-refractivity contribution is 5.81. The van der Waals surface area contributed by atoms with Gasteiger partial charge in [0.2, 0.25) is 5.91 Å². The molecular weight excluding hydrogens is 252 g/mol. The molecular formula is C15H20N4O. The molecule has 0 saturated heterocycles. The van der Waals surface area contributed by atoms with Gasteiger partial charge in [0.15, 0.2) is 0 Å². The fourth-order valence-corrected chi connectivity index (χ4v) is 1.75. The molecule has 0 spiro atoms. The smallest absolute Gasteiger partial charge is 0.225 e. The third-order valence-corrected chi connectivity index (χ3v) is 3.11. The SMILES string of the molecule is CC(NC(=O)C(C)(C)C)c1ccc(-n2cncn2)cc1. The minimum absolute atomic E-state index is 0.0217. The van der Waals surface area contributed by atoms with Crippen LogP contribution in [0.25, 0.3) is 5.69 Å². The Morgan fingerprint density at radius 2 is 1.90 bits per heavy atom. The molecule has 1 unspecified atom stereocenters. The van der Waals surface area contributed by atoms with Crippen molar-refractivity contribution in [3.05, 3.63) is 42.5 Å². The second-order valence-electron chi connectivity index (χ2n) is 5.88. The highest BCUT2D eigenvalue weighted by Gasteiger charge is 2.22. The number of carbonyl (C=O) groups is 1. The summed E-state index contributed by atoms with van der Waals surface area (Å²) in [6.07, 6.45) is 3.15. The monoisotopic (exact) mass is 272 g/mol. The first kappa shape index (κ1) is 14.2. The van der Waals surface area contributed by atoms with E-state index in [1.807, 2.05) is 52.0 Å². The van der Waals surface area contributed by atoms with Crippen molar-refractivity contribution in [1.29, 1.82) is 0 Å². The number of rotatable bonds is 3. The molecule has 0 aliphatic heterocycles. The van der Waals surface area contributed by atoms with Crippen molar-refractivity contribution in [3.8, 4) is 5.69 Å². The summed E-state index contributed by atoms with van der Waals surface area (Å²) in [6.45, 7) is 7.70. The van der Waals surface area contributed by atoms with E-state index < -0.39 is 0 Å². The molecule has 5 heteroatoms. The van der Waals surface area contributed by atoms with Crippen LogP contribution < -0.4 is 5.32 Å². The van der Waals surface area contributed by atoms with Gasteiger partial charge >= 0.3 is 0 Å². The van der Waals surface area contributed by atoms with Crippen molar-refractivity contribution < 1.29 is 4.79 Å². The second kappa shape index (κ2) is 5.45. The lowest BCUT2D eigenvalue weighted by Crippen LogP contribution is -2.36. The van der Waals surface area contributed by atoms with Gasteiger partial charge in [0, 0.05) is 5.41 Å². The molecule has 0 aliphatic rings. The number of nitrogens with zero attached hydrogens (tertiary/aromatic N) is 3. The first-order chi connectivity index (χ1) is 9.38. The average molecular weight is 272 g/mol. The number of hydrogen-bond donors (Lipinski definition) is 1. The van der Waals surface area contributed by atoms with Gasteiger partial charge in [0.05, 0.1) is 11.7 Å². The summed E-state index contributed by atoms with van der Waals surface area (Å²) < 4.78 is 1.70. The van der Waals surface area contributed by atoms with Crippen LogP contribution in [-0.4, -0.2) is 20.7 Å². The van der Waals surface area contributed by atoms with Crippen LogP contribution in [0.3, 0.4) is 0 Å². The van der Waals surface area contributed by atoms with Crippen LogP contribution in [0, 0.1) is 5.41 Å². The Labute approximate surface area is 119 Å². The van der Waals surface area contributed by atoms with Crippen molar-refractivity contribution in [2.24, 2.45) is 5.41 Å². The largest absolute Gasteiger partial charge is 0.349 e. The van der Waals surface area contributed by atoms with E-state index in [1.165, 1.54) is 6.33 Å². The third-order valence-electron chi connectivity index (χ3n) is 3.11. The third kappa shape index (κ3) is 3.23. The Kier molecular flexibility index (Phi) is 3.88. The van der Waals surface area contributed by atoms with Gasteiger partial charge in [-0.25, -0.2) is 9.67 Å². The van der Waals surface area contributed by atoms with Gasteiger partial charge in [0.25, 0.3) is 0 Å². The molecule has 1 amide bonds. The highest BCUT2D eigenvalue weighted by Crippen LogP contribution is 2.19. The zero-order valence-corrected chi connectivity index (χ0v) is 12.3. The van der Waals surface area contributed by atoms with E-state index in [9.17, 15) is 4.79 Å². The number of aromatic nitrogens is 3. The van der Waals surface area contributed by atoms with Gasteiger partial charge in [-0.05, 0) is 24.6 Å². The number of amides is 1. The minimum atomic E-state index is -0.380. The van der Waals surface area contributed by atoms with Crippen LogP contribution in [0.5, 0.6) is 0 Å². The predicted molar refractivity (Wildman–Crippen MR) is 77.4 cm³/mol. The topological polar surface area (TPSA) is 59.8 Å². The zero-order valence-electron chi connectivity index (χ0n) is 12.3. The standard InChI is InChI=1S/C15H20N4O/c1-11(18-14(20)15(2,3)4)12-5-7-13(8-6-12)19-10-16-9-17-19/h5-11H,1-4H3,(H,18,20). The molecule has 2 aromatic rings. The summed E-state index contributed by atoms with van der Waals surface area (Å²) in [4.78, 5) is 15.9. The van der Waals surface area contributed by atoms with Gasteiger partial charge in [-0.2, -0.15) is 5.10 Å². The first-order valence-corrected chi connectivity index (χ1v) is 6.64. The van der Waals surface area contributed by atoms with E-state index in [2.05, 4.69) is 15.4 Å². The molecule has 20 heavy (non-hydrogen) atoms. The molecule has 1 atom stereocenters. The van der Waals surface area contributed by atoms with Gasteiger partial charge in [-0.15, -0.1) is 0 Å². The summed E-state index contributed by atoms with van der Waals surface area (Å²) in [5, 5.41) is 7.09. The van der Waals surface area contributed by atoms with Crippen LogP contribution in [0.1, 0.15) is 39.3 Å². The number of carbonyl (C=O) groups excluding carboxylic acids is 1. The Morgan fingerprint density at radius 3 is 2.40 bits per heavy atom. The van der Waals surface area contributed by atoms with Crippen LogP contribution in [0.15, 0.2) is 36.9 Å². The average Bonchev–Trinajstić information content (AvgIpc) is 2.91. The summed E-state index contributed by atoms with van der Waals surface area (Å²) in [5.41, 5.74) is 1.63. The fourth-order valence-electron chi connectivity index (χ4n) is 1.75. The van der Waals surface area contributed by atoms with Gasteiger partial charge in [-0.1, -0.05) is 32.9 Å². The molecule has 1 aromatic carbocycles. The van der Waals surface area contributed by atoms with Crippen molar-refractivity contribution in [3.63, 3.8) is 0 Å². The Balaban J connectivity index is 2.08. The Morgan fingerprint density at radius 1 is 1.25 bits per heavy atom. The number of hydrogen-bond acceptors (Lipinski definition) is 3. The predicted octanol–water partition coefficient (Wildman–Crippen LogP) is 2.49. The van der Waals surface area contributed by atoms with Crippen molar-refractivity contribution in [2.45, 2.75) is 33.7 Å². The molecule has 0 bridgehead atoms. The van der Waals surface area contributed by atoms with Crippen LogP contribution in [-0.2, 0) is 4.79 Å². The number of nitrogens with one attached hydrogen (secondary N) is 1. The van der Waals surface area contributed by atoms with E-state index in [4.69, 9.17) is 0 Å². The quantitative estimate of drug-likeness (QED) is 0.933. The van der Waals surface area contributed by atoms with Crippen molar-refractivity contribution in [1.82, 2.24) is 20.1 Å². The lowest BCUT2D eigenvalue weighted by molar-refractivity contribution is -0.129. The van der Waals surface area contributed by atoms with Crippen LogP contribution in [0.4, 0.5) is 0 Å². The Hall–Kier alpha value is -2.17. The molecule has 1 N–H and O–H groups in total. The maximum absolute atomic E-state index is 12.0. The molecule has 1 heterocycles. The second-order valence-corrected chi connectivity index (χ2v) is 5.88. The Bertz CT molecular complexity index is 567. The molecule has 1 aromatic heterocycles. The lowest BCUT2D eigenvalue weighted by Gasteiger charge is -2.22. The van der Waals surface area contributed by atoms with Gasteiger partial charge < -0.3 is 5.32 Å². The van der Waals surface area contributed by atoms with E-state index in [-0.39, 0.29) is 17.4 Å². The molecule has 0 aliphatic carbocycles. The van der Waals surface area contributed by atoms with Gasteiger partial charge in [0.1, 0.15) is 12.7 Å². The summed E-state index contributed by atoms with van der Waals surface area (Å²) in [7, 11) is 0. The van der Waals surface area contributed by atoms with Crippen molar-refractivity contribution in [2.75, 3.05) is 0 Å². The maximum atomic E-state index is 12.0. The van der Waals surface area contributed by atoms with Gasteiger partial charge in [-0.3, -0.25) is 4.79 Å². The molecule has 2 rings (SSSR count). The molecule has 106 valence electrons. The van der Waals surface area contributed by atoms with E-state index in [0.29, 0.717) is 0 Å². The highest BCUT2D eigenvalue weighted by atomic mass is 16.2. The minimum Gasteiger partial charge on any atom is -0.349 e. The summed E-state index contributed by atoms with van der Waals surface area (Å²) >= 11 is 0. The summed E-state index contributed by atoms with van der Waals surface area (Å²) in [6, 6.07) is 7.88. The van der Waals surface area contributed by atoms with E-state index >= 15 is 0 Å². The maximum Gasteiger partial charge on any atom is 0.225 e. The number of benzene rings is 1. The molecule has 0 saturated carbocycles. The van der Waals surface area contributed by atoms with E-state index in [0.717, 1.165) is 11.3 Å². The van der Waals surface area contributed by atoms with E-state index in [1.54, 1.807) is 11.0 Å². The normalized spacial score (nSPS) is 13.0. The molecule has 0 radical (unpaired) electrons. The van der Waals surface area contributed by atoms with Crippen LogP contribution >= 0.6 is 0 Å². The molecule has 5 nitrogen and oxygen atoms in total. The zero-order chi connectivity index (χ0) is 14.8. The first-order valence-electron chi connectivity index (χ1n) is 6.64.